The second kappa shape index (κ2) is 5.38. The van der Waals surface area contributed by atoms with Crippen molar-refractivity contribution >= 4 is 17.2 Å². The summed E-state index contributed by atoms with van der Waals surface area (Å²) in [6, 6.07) is 3.89. The Labute approximate surface area is 121 Å². The number of hydrogen-bond acceptors (Lipinski definition) is 5. The summed E-state index contributed by atoms with van der Waals surface area (Å²) < 4.78 is 5.33. The molecule has 1 amide bonds. The molecule has 0 saturated carbocycles. The van der Waals surface area contributed by atoms with Gasteiger partial charge in [-0.05, 0) is 31.9 Å². The Bertz CT molecular complexity index is 598. The van der Waals surface area contributed by atoms with Gasteiger partial charge < -0.3 is 15.1 Å². The van der Waals surface area contributed by atoms with E-state index in [1.807, 2.05) is 24.0 Å². The summed E-state index contributed by atoms with van der Waals surface area (Å²) in [5.74, 6) is 0.710. The predicted molar refractivity (Wildman–Crippen MR) is 77.7 cm³/mol. The van der Waals surface area contributed by atoms with Crippen LogP contribution in [0.1, 0.15) is 28.2 Å². The fourth-order valence-corrected chi connectivity index (χ4v) is 3.23. The number of furan rings is 1. The lowest BCUT2D eigenvalue weighted by Gasteiger charge is -2.29. The number of aryl methyl sites for hydroxylation is 1. The number of hydrogen-bond donors (Lipinski definition) is 1. The zero-order valence-electron chi connectivity index (χ0n) is 11.3. The first-order chi connectivity index (χ1) is 9.65. The van der Waals surface area contributed by atoms with E-state index >= 15 is 0 Å². The molecule has 0 spiro atoms. The molecular weight excluding hydrogens is 274 g/mol. The lowest BCUT2D eigenvalue weighted by Crippen LogP contribution is -2.43. The monoisotopic (exact) mass is 291 g/mol. The minimum atomic E-state index is 0.00320. The van der Waals surface area contributed by atoms with Crippen LogP contribution in [0.25, 0.3) is 10.8 Å². The Morgan fingerprint density at radius 1 is 1.50 bits per heavy atom. The quantitative estimate of drug-likeness (QED) is 0.921. The smallest absolute Gasteiger partial charge is 0.273 e. The van der Waals surface area contributed by atoms with Crippen molar-refractivity contribution in [2.75, 3.05) is 13.1 Å². The van der Waals surface area contributed by atoms with Crippen LogP contribution in [0.5, 0.6) is 0 Å². The van der Waals surface area contributed by atoms with Crippen molar-refractivity contribution in [1.82, 2.24) is 9.88 Å². The van der Waals surface area contributed by atoms with Crippen molar-refractivity contribution in [2.45, 2.75) is 25.8 Å². The molecule has 2 N–H and O–H groups in total. The first-order valence-corrected chi connectivity index (χ1v) is 7.53. The molecule has 0 aliphatic carbocycles. The summed E-state index contributed by atoms with van der Waals surface area (Å²) in [6.45, 7) is 3.35. The third-order valence-electron chi connectivity index (χ3n) is 3.56. The fraction of sp³-hybridized carbons (Fsp3) is 0.429. The Morgan fingerprint density at radius 3 is 2.90 bits per heavy atom. The maximum absolute atomic E-state index is 12.5. The molecule has 20 heavy (non-hydrogen) atoms. The Kier molecular flexibility index (Phi) is 3.58. The second-order valence-electron chi connectivity index (χ2n) is 5.03. The van der Waals surface area contributed by atoms with E-state index in [9.17, 15) is 4.79 Å². The number of carbonyl (C=O) groups is 1. The topological polar surface area (TPSA) is 72.4 Å². The van der Waals surface area contributed by atoms with Gasteiger partial charge in [-0.25, -0.2) is 4.98 Å². The predicted octanol–water partition coefficient (Wildman–Crippen LogP) is 2.27. The number of piperidine rings is 1. The molecule has 0 aromatic carbocycles. The van der Waals surface area contributed by atoms with E-state index in [0.717, 1.165) is 22.7 Å². The van der Waals surface area contributed by atoms with Crippen molar-refractivity contribution < 1.29 is 9.21 Å². The molecular formula is C14H17N3O2S. The summed E-state index contributed by atoms with van der Waals surface area (Å²) in [7, 11) is 0. The normalized spacial score (nSPS) is 16.6. The Morgan fingerprint density at radius 2 is 2.25 bits per heavy atom. The minimum absolute atomic E-state index is 0.00320. The molecule has 2 aromatic rings. The number of likely N-dealkylation sites (tertiary alicyclic amines) is 1. The highest BCUT2D eigenvalue weighted by atomic mass is 32.1. The summed E-state index contributed by atoms with van der Waals surface area (Å²) in [4.78, 5) is 19.7. The van der Waals surface area contributed by atoms with Gasteiger partial charge in [0.15, 0.2) is 10.8 Å². The number of carbonyl (C=O) groups excluding carboxylic acids is 1. The van der Waals surface area contributed by atoms with Gasteiger partial charge in [0.2, 0.25) is 0 Å². The number of nitrogens with zero attached hydrogens (tertiary/aromatic N) is 2. The van der Waals surface area contributed by atoms with Gasteiger partial charge in [-0.3, -0.25) is 4.79 Å². The molecule has 2 aromatic heterocycles. The van der Waals surface area contributed by atoms with Gasteiger partial charge in [0.25, 0.3) is 5.91 Å². The van der Waals surface area contributed by atoms with E-state index < -0.39 is 0 Å². The first kappa shape index (κ1) is 13.3. The van der Waals surface area contributed by atoms with Gasteiger partial charge >= 0.3 is 0 Å². The van der Waals surface area contributed by atoms with Crippen LogP contribution < -0.4 is 5.73 Å². The first-order valence-electron chi connectivity index (χ1n) is 6.71. The minimum Gasteiger partial charge on any atom is -0.462 e. The van der Waals surface area contributed by atoms with E-state index in [2.05, 4.69) is 4.98 Å². The molecule has 0 radical (unpaired) electrons. The van der Waals surface area contributed by atoms with Gasteiger partial charge in [0.05, 0.1) is 6.26 Å². The van der Waals surface area contributed by atoms with Gasteiger partial charge in [0.1, 0.15) is 5.69 Å². The highest BCUT2D eigenvalue weighted by Gasteiger charge is 2.25. The van der Waals surface area contributed by atoms with E-state index in [4.69, 9.17) is 10.2 Å². The van der Waals surface area contributed by atoms with Crippen molar-refractivity contribution in [3.05, 3.63) is 29.0 Å². The van der Waals surface area contributed by atoms with Crippen LogP contribution in [0, 0.1) is 6.92 Å². The van der Waals surface area contributed by atoms with E-state index in [1.54, 1.807) is 6.26 Å². The molecule has 3 rings (SSSR count). The summed E-state index contributed by atoms with van der Waals surface area (Å²) in [6.07, 6.45) is 3.33. The lowest BCUT2D eigenvalue weighted by molar-refractivity contribution is 0.0709. The Hall–Kier alpha value is -1.66. The van der Waals surface area contributed by atoms with Gasteiger partial charge in [-0.2, -0.15) is 0 Å². The van der Waals surface area contributed by atoms with E-state index in [1.165, 1.54) is 11.3 Å². The summed E-state index contributed by atoms with van der Waals surface area (Å²) in [5.41, 5.74) is 6.41. The largest absolute Gasteiger partial charge is 0.462 e. The third kappa shape index (κ3) is 2.48. The molecule has 0 bridgehead atoms. The highest BCUT2D eigenvalue weighted by Crippen LogP contribution is 2.28. The standard InChI is InChI=1S/C14H17N3O2S/c1-9-12(14(18)17-6-4-10(15)5-7-17)16-13(20-9)11-3-2-8-19-11/h2-3,8,10H,4-7,15H2,1H3. The highest BCUT2D eigenvalue weighted by molar-refractivity contribution is 7.15. The molecule has 1 aliphatic rings. The zero-order valence-corrected chi connectivity index (χ0v) is 12.2. The van der Waals surface area contributed by atoms with Crippen LogP contribution in [-0.4, -0.2) is 34.9 Å². The number of thiazole rings is 1. The van der Waals surface area contributed by atoms with Crippen LogP contribution in [0.2, 0.25) is 0 Å². The van der Waals surface area contributed by atoms with Crippen LogP contribution in [0.3, 0.4) is 0 Å². The van der Waals surface area contributed by atoms with E-state index in [-0.39, 0.29) is 11.9 Å². The fourth-order valence-electron chi connectivity index (χ4n) is 2.35. The summed E-state index contributed by atoms with van der Waals surface area (Å²) in [5, 5.41) is 0.754. The lowest BCUT2D eigenvalue weighted by atomic mass is 10.1. The maximum atomic E-state index is 12.5. The summed E-state index contributed by atoms with van der Waals surface area (Å²) >= 11 is 1.49. The molecule has 5 nitrogen and oxygen atoms in total. The molecule has 6 heteroatoms. The molecule has 106 valence electrons. The second-order valence-corrected chi connectivity index (χ2v) is 6.23. The number of amides is 1. The maximum Gasteiger partial charge on any atom is 0.273 e. The number of nitrogens with two attached hydrogens (primary N) is 1. The van der Waals surface area contributed by atoms with Crippen LogP contribution in [0.15, 0.2) is 22.8 Å². The average molecular weight is 291 g/mol. The van der Waals surface area contributed by atoms with Crippen molar-refractivity contribution in [3.8, 4) is 10.8 Å². The van der Waals surface area contributed by atoms with Crippen LogP contribution in [0.4, 0.5) is 0 Å². The molecule has 0 atom stereocenters. The van der Waals surface area contributed by atoms with Gasteiger partial charge in [0, 0.05) is 24.0 Å². The Balaban J connectivity index is 1.81. The average Bonchev–Trinajstić information content (AvgIpc) is 3.08. The van der Waals surface area contributed by atoms with Crippen molar-refractivity contribution in [3.63, 3.8) is 0 Å². The van der Waals surface area contributed by atoms with Gasteiger partial charge in [-0.1, -0.05) is 0 Å². The zero-order chi connectivity index (χ0) is 14.1. The number of rotatable bonds is 2. The number of aromatic nitrogens is 1. The van der Waals surface area contributed by atoms with Crippen molar-refractivity contribution in [1.29, 1.82) is 0 Å². The van der Waals surface area contributed by atoms with Crippen LogP contribution in [-0.2, 0) is 0 Å². The molecule has 3 heterocycles. The molecule has 1 fully saturated rings. The van der Waals surface area contributed by atoms with Crippen LogP contribution >= 0.6 is 11.3 Å². The molecule has 1 saturated heterocycles. The molecule has 1 aliphatic heterocycles. The molecule has 0 unspecified atom stereocenters. The van der Waals surface area contributed by atoms with Gasteiger partial charge in [-0.15, -0.1) is 11.3 Å². The van der Waals surface area contributed by atoms with Crippen molar-refractivity contribution in [2.24, 2.45) is 5.73 Å². The third-order valence-corrected chi connectivity index (χ3v) is 4.54. The van der Waals surface area contributed by atoms with E-state index in [0.29, 0.717) is 24.5 Å². The SMILES string of the molecule is Cc1sc(-c2ccco2)nc1C(=O)N1CCC(N)CC1.